The SMILES string of the molecule is CCCNC(=O)N1Cc2c(sc3c2CCCC3)-n2cccc2[C@@H]1c1ccccc1. The molecule has 29 heavy (non-hydrogen) atoms. The molecule has 1 aliphatic carbocycles. The summed E-state index contributed by atoms with van der Waals surface area (Å²) in [4.78, 5) is 16.9. The van der Waals surface area contributed by atoms with Crippen LogP contribution in [0.15, 0.2) is 48.7 Å². The predicted octanol–water partition coefficient (Wildman–Crippen LogP) is 5.44. The van der Waals surface area contributed by atoms with Crippen molar-refractivity contribution >= 4 is 17.4 Å². The lowest BCUT2D eigenvalue weighted by atomic mass is 9.95. The van der Waals surface area contributed by atoms with Crippen LogP contribution in [0.1, 0.15) is 59.5 Å². The number of thiophene rings is 1. The third-order valence-electron chi connectivity index (χ3n) is 6.08. The molecule has 2 aromatic heterocycles. The molecule has 0 spiro atoms. The number of carbonyl (C=O) groups excluding carboxylic acids is 1. The zero-order valence-corrected chi connectivity index (χ0v) is 17.7. The first-order chi connectivity index (χ1) is 14.3. The first kappa shape index (κ1) is 18.5. The van der Waals surface area contributed by atoms with Crippen LogP contribution < -0.4 is 5.32 Å². The maximum Gasteiger partial charge on any atom is 0.318 e. The summed E-state index contributed by atoms with van der Waals surface area (Å²) >= 11 is 1.93. The molecule has 3 heterocycles. The van der Waals surface area contributed by atoms with E-state index in [1.54, 1.807) is 0 Å². The average molecular weight is 406 g/mol. The standard InChI is InChI=1S/C24H27N3OS/c1-2-14-25-24(28)27-16-19-18-11-6-7-13-21(18)29-23(19)26-15-8-12-20(26)22(27)17-9-4-3-5-10-17/h3-5,8-10,12,15,22H,2,6-7,11,13-14,16H2,1H3,(H,25,28)/t22-/m0/s1. The van der Waals surface area contributed by atoms with Crippen LogP contribution >= 0.6 is 11.3 Å². The lowest BCUT2D eigenvalue weighted by Gasteiger charge is -2.31. The summed E-state index contributed by atoms with van der Waals surface area (Å²) in [6, 6.07) is 14.6. The van der Waals surface area contributed by atoms with Crippen molar-refractivity contribution < 1.29 is 4.79 Å². The number of amides is 2. The topological polar surface area (TPSA) is 37.3 Å². The number of benzene rings is 1. The lowest BCUT2D eigenvalue weighted by Crippen LogP contribution is -2.42. The predicted molar refractivity (Wildman–Crippen MR) is 118 cm³/mol. The van der Waals surface area contributed by atoms with Crippen molar-refractivity contribution in [3.63, 3.8) is 0 Å². The maximum absolute atomic E-state index is 13.3. The van der Waals surface area contributed by atoms with Crippen molar-refractivity contribution in [3.05, 3.63) is 75.9 Å². The summed E-state index contributed by atoms with van der Waals surface area (Å²) in [5.41, 5.74) is 5.17. The number of urea groups is 1. The van der Waals surface area contributed by atoms with E-state index in [0.29, 0.717) is 13.1 Å². The molecule has 1 aromatic carbocycles. The first-order valence-corrected chi connectivity index (χ1v) is 11.5. The molecule has 4 nitrogen and oxygen atoms in total. The minimum Gasteiger partial charge on any atom is -0.338 e. The summed E-state index contributed by atoms with van der Waals surface area (Å²) in [6.07, 6.45) is 7.94. The van der Waals surface area contributed by atoms with Gasteiger partial charge in [0.25, 0.3) is 0 Å². The monoisotopic (exact) mass is 405 g/mol. The highest BCUT2D eigenvalue weighted by Crippen LogP contribution is 2.43. The molecule has 5 rings (SSSR count). The van der Waals surface area contributed by atoms with Crippen LogP contribution in [0, 0.1) is 0 Å². The summed E-state index contributed by atoms with van der Waals surface area (Å²) < 4.78 is 2.34. The van der Waals surface area contributed by atoms with Gasteiger partial charge in [0.2, 0.25) is 0 Å². The first-order valence-electron chi connectivity index (χ1n) is 10.7. The minimum absolute atomic E-state index is 0.0251. The van der Waals surface area contributed by atoms with Gasteiger partial charge in [0, 0.05) is 23.2 Å². The van der Waals surface area contributed by atoms with E-state index >= 15 is 0 Å². The van der Waals surface area contributed by atoms with Crippen molar-refractivity contribution in [2.24, 2.45) is 0 Å². The zero-order valence-electron chi connectivity index (χ0n) is 16.9. The van der Waals surface area contributed by atoms with Gasteiger partial charge in [-0.05, 0) is 55.4 Å². The van der Waals surface area contributed by atoms with Gasteiger partial charge in [-0.25, -0.2) is 4.79 Å². The van der Waals surface area contributed by atoms with Gasteiger partial charge in [-0.1, -0.05) is 37.3 Å². The second-order valence-electron chi connectivity index (χ2n) is 7.97. The highest BCUT2D eigenvalue weighted by molar-refractivity contribution is 7.15. The highest BCUT2D eigenvalue weighted by Gasteiger charge is 2.35. The average Bonchev–Trinajstić information content (AvgIpc) is 3.34. The smallest absolute Gasteiger partial charge is 0.318 e. The summed E-state index contributed by atoms with van der Waals surface area (Å²) in [5.74, 6) is 0. The molecule has 0 saturated carbocycles. The summed E-state index contributed by atoms with van der Waals surface area (Å²) in [7, 11) is 0. The lowest BCUT2D eigenvalue weighted by molar-refractivity contribution is 0.180. The van der Waals surface area contributed by atoms with Crippen molar-refractivity contribution in [1.29, 1.82) is 0 Å². The molecular formula is C24H27N3OS. The van der Waals surface area contributed by atoms with Crippen LogP contribution in [0.25, 0.3) is 5.00 Å². The van der Waals surface area contributed by atoms with Crippen molar-refractivity contribution in [3.8, 4) is 5.00 Å². The molecule has 150 valence electrons. The molecule has 2 amide bonds. The second kappa shape index (κ2) is 7.71. The fourth-order valence-corrected chi connectivity index (χ4v) is 6.11. The maximum atomic E-state index is 13.3. The Hall–Kier alpha value is -2.53. The highest BCUT2D eigenvalue weighted by atomic mass is 32.1. The molecule has 0 unspecified atom stereocenters. The van der Waals surface area contributed by atoms with E-state index in [1.165, 1.54) is 46.0 Å². The van der Waals surface area contributed by atoms with Crippen LogP contribution in [-0.2, 0) is 19.4 Å². The normalized spacial score (nSPS) is 17.8. The third kappa shape index (κ3) is 3.18. The van der Waals surface area contributed by atoms with Crippen molar-refractivity contribution in [2.45, 2.75) is 51.6 Å². The van der Waals surface area contributed by atoms with Gasteiger partial charge in [0.15, 0.2) is 0 Å². The van der Waals surface area contributed by atoms with Gasteiger partial charge in [-0.3, -0.25) is 0 Å². The van der Waals surface area contributed by atoms with Crippen LogP contribution in [0.4, 0.5) is 4.79 Å². The van der Waals surface area contributed by atoms with Crippen molar-refractivity contribution in [2.75, 3.05) is 6.54 Å². The molecule has 0 fully saturated rings. The van der Waals surface area contributed by atoms with Gasteiger partial charge >= 0.3 is 6.03 Å². The number of carbonyl (C=O) groups is 1. The number of aromatic nitrogens is 1. The number of fused-ring (bicyclic) bond motifs is 5. The molecular weight excluding hydrogens is 378 g/mol. The van der Waals surface area contributed by atoms with E-state index in [0.717, 1.165) is 18.4 Å². The Bertz CT molecular complexity index is 1020. The summed E-state index contributed by atoms with van der Waals surface area (Å²) in [5, 5.41) is 4.45. The Balaban J connectivity index is 1.68. The van der Waals surface area contributed by atoms with Crippen molar-refractivity contribution in [1.82, 2.24) is 14.8 Å². The fraction of sp³-hybridized carbons (Fsp3) is 0.375. The fourth-order valence-electron chi connectivity index (χ4n) is 4.71. The third-order valence-corrected chi connectivity index (χ3v) is 7.41. The van der Waals surface area contributed by atoms with Crippen LogP contribution in [-0.4, -0.2) is 22.0 Å². The quantitative estimate of drug-likeness (QED) is 0.619. The molecule has 5 heteroatoms. The van der Waals surface area contributed by atoms with E-state index in [1.807, 2.05) is 22.3 Å². The van der Waals surface area contributed by atoms with Crippen LogP contribution in [0.5, 0.6) is 0 Å². The molecule has 0 saturated heterocycles. The molecule has 3 aromatic rings. The Morgan fingerprint density at radius 1 is 1.10 bits per heavy atom. The van der Waals surface area contributed by atoms with Gasteiger partial charge < -0.3 is 14.8 Å². The summed E-state index contributed by atoms with van der Waals surface area (Å²) in [6.45, 7) is 3.46. The number of aryl methyl sites for hydroxylation is 1. The molecule has 0 radical (unpaired) electrons. The Morgan fingerprint density at radius 2 is 1.93 bits per heavy atom. The van der Waals surface area contributed by atoms with E-state index in [9.17, 15) is 4.79 Å². The molecule has 1 N–H and O–H groups in total. The number of nitrogens with zero attached hydrogens (tertiary/aromatic N) is 2. The van der Waals surface area contributed by atoms with E-state index in [2.05, 4.69) is 59.4 Å². The Morgan fingerprint density at radius 3 is 2.76 bits per heavy atom. The number of hydrogen-bond donors (Lipinski definition) is 1. The molecule has 1 atom stereocenters. The number of nitrogens with one attached hydrogen (secondary N) is 1. The van der Waals surface area contributed by atoms with Crippen LogP contribution in [0.2, 0.25) is 0 Å². The zero-order chi connectivity index (χ0) is 19.8. The van der Waals surface area contributed by atoms with E-state index in [4.69, 9.17) is 0 Å². The van der Waals surface area contributed by atoms with Gasteiger partial charge in [0.05, 0.1) is 18.3 Å². The van der Waals surface area contributed by atoms with E-state index in [-0.39, 0.29) is 12.1 Å². The Labute approximate surface area is 176 Å². The minimum atomic E-state index is -0.0955. The van der Waals surface area contributed by atoms with Gasteiger partial charge in [-0.15, -0.1) is 11.3 Å². The van der Waals surface area contributed by atoms with Gasteiger partial charge in [-0.2, -0.15) is 0 Å². The molecule has 0 bridgehead atoms. The van der Waals surface area contributed by atoms with Crippen LogP contribution in [0.3, 0.4) is 0 Å². The number of hydrogen-bond acceptors (Lipinski definition) is 2. The van der Waals surface area contributed by atoms with Gasteiger partial charge in [0.1, 0.15) is 5.00 Å². The molecule has 1 aliphatic heterocycles. The largest absolute Gasteiger partial charge is 0.338 e. The number of rotatable bonds is 3. The Kier molecular flexibility index (Phi) is 4.92. The van der Waals surface area contributed by atoms with E-state index < -0.39 is 0 Å². The molecule has 2 aliphatic rings. The second-order valence-corrected chi connectivity index (χ2v) is 9.05.